The van der Waals surface area contributed by atoms with E-state index in [0.29, 0.717) is 12.0 Å². The molecule has 0 amide bonds. The van der Waals surface area contributed by atoms with Crippen LogP contribution in [0.25, 0.3) is 0 Å². The number of nitrogens with one attached hydrogen (secondary N) is 1. The van der Waals surface area contributed by atoms with Gasteiger partial charge in [0.2, 0.25) is 0 Å². The predicted octanol–water partition coefficient (Wildman–Crippen LogP) is 3.22. The van der Waals surface area contributed by atoms with Crippen LogP contribution in [0.3, 0.4) is 0 Å². The number of aryl methyl sites for hydroxylation is 1. The highest BCUT2D eigenvalue weighted by atomic mass is 19.1. The van der Waals surface area contributed by atoms with Gasteiger partial charge in [0, 0.05) is 38.1 Å². The maximum absolute atomic E-state index is 13.5. The number of hydrogen-bond acceptors (Lipinski definition) is 4. The molecular weight excluding hydrogens is 329 g/mol. The van der Waals surface area contributed by atoms with Gasteiger partial charge in [-0.25, -0.2) is 4.39 Å². The Morgan fingerprint density at radius 2 is 2.15 bits per heavy atom. The summed E-state index contributed by atoms with van der Waals surface area (Å²) in [6.07, 6.45) is 9.99. The van der Waals surface area contributed by atoms with Crippen molar-refractivity contribution in [2.75, 3.05) is 13.1 Å². The van der Waals surface area contributed by atoms with E-state index in [2.05, 4.69) is 33.3 Å². The van der Waals surface area contributed by atoms with Crippen LogP contribution in [0.1, 0.15) is 55.9 Å². The number of pyridine rings is 1. The Hall–Kier alpha value is -1.79. The van der Waals surface area contributed by atoms with E-state index in [-0.39, 0.29) is 11.9 Å². The summed E-state index contributed by atoms with van der Waals surface area (Å²) in [5, 5.41) is 8.04. The fourth-order valence-corrected chi connectivity index (χ4v) is 4.33. The summed E-state index contributed by atoms with van der Waals surface area (Å²) in [7, 11) is 2.04. The molecule has 1 saturated heterocycles. The molecule has 3 atom stereocenters. The molecule has 2 aliphatic rings. The lowest BCUT2D eigenvalue weighted by Gasteiger charge is -2.42. The van der Waals surface area contributed by atoms with Gasteiger partial charge < -0.3 is 5.32 Å². The Morgan fingerprint density at radius 1 is 1.31 bits per heavy atom. The Balaban J connectivity index is 1.49. The Kier molecular flexibility index (Phi) is 5.05. The fourth-order valence-electron chi connectivity index (χ4n) is 4.33. The summed E-state index contributed by atoms with van der Waals surface area (Å²) in [5.41, 5.74) is 2.21. The lowest BCUT2D eigenvalue weighted by Crippen LogP contribution is -2.44. The van der Waals surface area contributed by atoms with Gasteiger partial charge >= 0.3 is 0 Å². The first-order valence-corrected chi connectivity index (χ1v) is 9.71. The van der Waals surface area contributed by atoms with E-state index in [1.807, 2.05) is 17.9 Å². The quantitative estimate of drug-likeness (QED) is 0.862. The first kappa shape index (κ1) is 17.6. The second-order valence-electron chi connectivity index (χ2n) is 7.76. The first-order chi connectivity index (χ1) is 12.6. The third-order valence-electron chi connectivity index (χ3n) is 5.89. The van der Waals surface area contributed by atoms with E-state index in [1.165, 1.54) is 44.1 Å². The van der Waals surface area contributed by atoms with Gasteiger partial charge in [-0.1, -0.05) is 0 Å². The number of likely N-dealkylation sites (tertiary alicyclic amines) is 1. The molecule has 0 aromatic carbocycles. The Labute approximate surface area is 154 Å². The zero-order valence-electron chi connectivity index (χ0n) is 15.6. The molecule has 0 unspecified atom stereocenters. The smallest absolute Gasteiger partial charge is 0.141 e. The monoisotopic (exact) mass is 357 g/mol. The highest BCUT2D eigenvalue weighted by Gasteiger charge is 2.41. The van der Waals surface area contributed by atoms with Crippen molar-refractivity contribution >= 4 is 0 Å². The van der Waals surface area contributed by atoms with E-state index in [0.717, 1.165) is 18.2 Å². The minimum absolute atomic E-state index is 0.0849. The van der Waals surface area contributed by atoms with Gasteiger partial charge in [0.05, 0.1) is 17.9 Å². The second-order valence-corrected chi connectivity index (χ2v) is 7.76. The zero-order chi connectivity index (χ0) is 18.1. The van der Waals surface area contributed by atoms with Crippen molar-refractivity contribution in [3.63, 3.8) is 0 Å². The highest BCUT2D eigenvalue weighted by Crippen LogP contribution is 2.42. The molecule has 1 aliphatic carbocycles. The van der Waals surface area contributed by atoms with E-state index in [4.69, 9.17) is 0 Å². The minimum atomic E-state index is -0.276. The largest absolute Gasteiger partial charge is 0.310 e. The second kappa shape index (κ2) is 7.45. The number of piperidine rings is 1. The van der Waals surface area contributed by atoms with E-state index in [9.17, 15) is 4.39 Å². The highest BCUT2D eigenvalue weighted by molar-refractivity contribution is 5.15. The minimum Gasteiger partial charge on any atom is -0.310 e. The summed E-state index contributed by atoms with van der Waals surface area (Å²) >= 11 is 0. The van der Waals surface area contributed by atoms with Crippen LogP contribution in [0.5, 0.6) is 0 Å². The lowest BCUT2D eigenvalue weighted by atomic mass is 9.86. The SMILES string of the molecule is C[C@@H](NC[C@@H]1CCCN(C2CC2)[C@H]1c1ccnn1C)c1cncc(F)c1. The molecule has 3 heterocycles. The van der Waals surface area contributed by atoms with E-state index >= 15 is 0 Å². The van der Waals surface area contributed by atoms with Crippen LogP contribution < -0.4 is 5.32 Å². The third kappa shape index (κ3) is 3.67. The van der Waals surface area contributed by atoms with Crippen molar-refractivity contribution in [3.8, 4) is 0 Å². The molecule has 26 heavy (non-hydrogen) atoms. The maximum Gasteiger partial charge on any atom is 0.141 e. The molecule has 4 rings (SSSR count). The molecule has 1 N–H and O–H groups in total. The van der Waals surface area contributed by atoms with Crippen LogP contribution in [-0.4, -0.2) is 38.8 Å². The first-order valence-electron chi connectivity index (χ1n) is 9.71. The van der Waals surface area contributed by atoms with E-state index in [1.54, 1.807) is 12.3 Å². The molecule has 0 bridgehead atoms. The van der Waals surface area contributed by atoms with Gasteiger partial charge in [-0.3, -0.25) is 14.6 Å². The molecule has 2 aromatic heterocycles. The van der Waals surface area contributed by atoms with Gasteiger partial charge in [0.15, 0.2) is 0 Å². The molecule has 1 saturated carbocycles. The summed E-state index contributed by atoms with van der Waals surface area (Å²) in [6.45, 7) is 4.17. The van der Waals surface area contributed by atoms with Gasteiger partial charge in [-0.05, 0) is 62.8 Å². The summed E-state index contributed by atoms with van der Waals surface area (Å²) in [4.78, 5) is 6.67. The van der Waals surface area contributed by atoms with Crippen LogP contribution >= 0.6 is 0 Å². The molecule has 1 aliphatic heterocycles. The summed E-state index contributed by atoms with van der Waals surface area (Å²) in [6, 6.07) is 4.97. The van der Waals surface area contributed by atoms with Crippen LogP contribution in [0.15, 0.2) is 30.7 Å². The maximum atomic E-state index is 13.5. The molecule has 5 nitrogen and oxygen atoms in total. The lowest BCUT2D eigenvalue weighted by molar-refractivity contribution is 0.0766. The number of aromatic nitrogens is 3. The predicted molar refractivity (Wildman–Crippen MR) is 99.0 cm³/mol. The number of rotatable bonds is 6. The van der Waals surface area contributed by atoms with Crippen molar-refractivity contribution in [1.29, 1.82) is 0 Å². The topological polar surface area (TPSA) is 46.0 Å². The molecule has 2 aromatic rings. The van der Waals surface area contributed by atoms with Crippen molar-refractivity contribution in [2.45, 2.75) is 50.7 Å². The molecule has 0 radical (unpaired) electrons. The van der Waals surface area contributed by atoms with Gasteiger partial charge in [0.25, 0.3) is 0 Å². The number of nitrogens with zero attached hydrogens (tertiary/aromatic N) is 4. The normalized spacial score (nSPS) is 25.3. The molecule has 6 heteroatoms. The van der Waals surface area contributed by atoms with Crippen LogP contribution in [0.4, 0.5) is 4.39 Å². The van der Waals surface area contributed by atoms with Gasteiger partial charge in [-0.15, -0.1) is 0 Å². The van der Waals surface area contributed by atoms with Crippen molar-refractivity contribution < 1.29 is 4.39 Å². The molecule has 0 spiro atoms. The number of hydrogen-bond donors (Lipinski definition) is 1. The molecular formula is C20H28FN5. The van der Waals surface area contributed by atoms with Crippen molar-refractivity contribution in [1.82, 2.24) is 25.0 Å². The molecule has 140 valence electrons. The van der Waals surface area contributed by atoms with E-state index < -0.39 is 0 Å². The van der Waals surface area contributed by atoms with Gasteiger partial charge in [0.1, 0.15) is 5.82 Å². The summed E-state index contributed by atoms with van der Waals surface area (Å²) < 4.78 is 15.5. The van der Waals surface area contributed by atoms with Crippen molar-refractivity contribution in [2.24, 2.45) is 13.0 Å². The third-order valence-corrected chi connectivity index (χ3v) is 5.89. The average Bonchev–Trinajstić information content (AvgIpc) is 3.41. The van der Waals surface area contributed by atoms with Gasteiger partial charge in [-0.2, -0.15) is 5.10 Å². The van der Waals surface area contributed by atoms with Crippen molar-refractivity contribution in [3.05, 3.63) is 47.8 Å². The zero-order valence-corrected chi connectivity index (χ0v) is 15.6. The summed E-state index contributed by atoms with van der Waals surface area (Å²) in [5.74, 6) is 0.255. The Morgan fingerprint density at radius 3 is 2.85 bits per heavy atom. The Bertz CT molecular complexity index is 741. The van der Waals surface area contributed by atoms with Crippen LogP contribution in [0.2, 0.25) is 0 Å². The number of halogens is 1. The average molecular weight is 357 g/mol. The van der Waals surface area contributed by atoms with Crippen LogP contribution in [0, 0.1) is 11.7 Å². The molecule has 2 fully saturated rings. The fraction of sp³-hybridized carbons (Fsp3) is 0.600. The standard InChI is InChI=1S/C20H28FN5/c1-14(16-10-17(21)13-22-11-16)23-12-15-4-3-9-26(18-5-6-18)20(15)19-7-8-24-25(19)2/h7-8,10-11,13-15,18,20,23H,3-6,9,12H2,1-2H3/t14-,15+,20-/m1/s1. The van der Waals surface area contributed by atoms with Crippen LogP contribution in [-0.2, 0) is 7.05 Å².